The molecule has 1 aliphatic rings. The normalized spacial score (nSPS) is 16.7. The SMILES string of the molecule is CNC(C(=O)O)c1cn(C)c2cc3c(cc12)CN(C(C)(C)C)C3. The van der Waals surface area contributed by atoms with Crippen LogP contribution in [0.3, 0.4) is 0 Å². The second-order valence-corrected chi connectivity index (χ2v) is 7.42. The minimum absolute atomic E-state index is 0.128. The number of likely N-dealkylation sites (N-methyl/N-ethyl adjacent to an activating group) is 1. The van der Waals surface area contributed by atoms with Crippen LogP contribution < -0.4 is 5.32 Å². The van der Waals surface area contributed by atoms with Crippen molar-refractivity contribution in [1.29, 1.82) is 0 Å². The monoisotopic (exact) mass is 315 g/mol. The number of hydrogen-bond acceptors (Lipinski definition) is 3. The van der Waals surface area contributed by atoms with E-state index in [0.717, 1.165) is 29.6 Å². The lowest BCUT2D eigenvalue weighted by molar-refractivity contribution is -0.139. The molecule has 1 aromatic heterocycles. The van der Waals surface area contributed by atoms with Crippen molar-refractivity contribution >= 4 is 16.9 Å². The summed E-state index contributed by atoms with van der Waals surface area (Å²) in [6.45, 7) is 8.55. The lowest BCUT2D eigenvalue weighted by atomic mass is 10.0. The summed E-state index contributed by atoms with van der Waals surface area (Å²) in [5.74, 6) is -0.850. The van der Waals surface area contributed by atoms with Gasteiger partial charge in [0.25, 0.3) is 0 Å². The van der Waals surface area contributed by atoms with E-state index >= 15 is 0 Å². The third kappa shape index (κ3) is 2.64. The Morgan fingerprint density at radius 1 is 1.26 bits per heavy atom. The van der Waals surface area contributed by atoms with Crippen LogP contribution in [0.4, 0.5) is 0 Å². The highest BCUT2D eigenvalue weighted by molar-refractivity contribution is 5.90. The third-order valence-corrected chi connectivity index (χ3v) is 4.86. The van der Waals surface area contributed by atoms with Crippen LogP contribution in [0.5, 0.6) is 0 Å². The Bertz CT molecular complexity index is 771. The fourth-order valence-corrected chi connectivity index (χ4v) is 3.43. The third-order valence-electron chi connectivity index (χ3n) is 4.86. The van der Waals surface area contributed by atoms with Gasteiger partial charge in [0.15, 0.2) is 0 Å². The number of carbonyl (C=O) groups is 1. The van der Waals surface area contributed by atoms with Gasteiger partial charge in [-0.15, -0.1) is 0 Å². The first-order chi connectivity index (χ1) is 10.7. The Morgan fingerprint density at radius 3 is 2.39 bits per heavy atom. The van der Waals surface area contributed by atoms with Crippen molar-refractivity contribution in [2.45, 2.75) is 45.4 Å². The number of nitrogens with one attached hydrogen (secondary N) is 1. The summed E-state index contributed by atoms with van der Waals surface area (Å²) in [6, 6.07) is 3.71. The summed E-state index contributed by atoms with van der Waals surface area (Å²) in [7, 11) is 3.66. The van der Waals surface area contributed by atoms with E-state index in [9.17, 15) is 9.90 Å². The number of carboxylic acid groups (broad SMARTS) is 1. The van der Waals surface area contributed by atoms with E-state index in [1.54, 1.807) is 7.05 Å². The van der Waals surface area contributed by atoms with E-state index < -0.39 is 12.0 Å². The van der Waals surface area contributed by atoms with Crippen molar-refractivity contribution in [3.8, 4) is 0 Å². The van der Waals surface area contributed by atoms with Gasteiger partial charge in [-0.05, 0) is 51.1 Å². The zero-order valence-electron chi connectivity index (χ0n) is 14.5. The highest BCUT2D eigenvalue weighted by Crippen LogP contribution is 2.35. The molecule has 0 amide bonds. The first kappa shape index (κ1) is 16.0. The van der Waals surface area contributed by atoms with Gasteiger partial charge in [-0.25, -0.2) is 0 Å². The Balaban J connectivity index is 2.11. The number of hydrogen-bond donors (Lipinski definition) is 2. The molecule has 1 atom stereocenters. The van der Waals surface area contributed by atoms with Gasteiger partial charge in [0.05, 0.1) is 0 Å². The van der Waals surface area contributed by atoms with Crippen LogP contribution in [0.1, 0.15) is 43.5 Å². The molecule has 1 aliphatic heterocycles. The molecular formula is C18H25N3O2. The molecule has 0 saturated heterocycles. The molecule has 23 heavy (non-hydrogen) atoms. The predicted octanol–water partition coefficient (Wildman–Crippen LogP) is 2.64. The summed E-state index contributed by atoms with van der Waals surface area (Å²) in [4.78, 5) is 14.0. The van der Waals surface area contributed by atoms with Gasteiger partial charge in [0.1, 0.15) is 6.04 Å². The van der Waals surface area contributed by atoms with E-state index in [0.29, 0.717) is 0 Å². The summed E-state index contributed by atoms with van der Waals surface area (Å²) < 4.78 is 2.03. The van der Waals surface area contributed by atoms with Gasteiger partial charge in [-0.1, -0.05) is 0 Å². The average Bonchev–Trinajstić information content (AvgIpc) is 2.99. The van der Waals surface area contributed by atoms with Crippen molar-refractivity contribution in [2.24, 2.45) is 7.05 Å². The van der Waals surface area contributed by atoms with Gasteiger partial charge in [-0.2, -0.15) is 0 Å². The second kappa shape index (κ2) is 5.35. The van der Waals surface area contributed by atoms with Gasteiger partial charge >= 0.3 is 5.97 Å². The molecular weight excluding hydrogens is 290 g/mol. The molecule has 0 bridgehead atoms. The van der Waals surface area contributed by atoms with E-state index in [2.05, 4.69) is 43.1 Å². The maximum atomic E-state index is 11.5. The Labute approximate surface area is 136 Å². The smallest absolute Gasteiger partial charge is 0.325 e. The zero-order valence-corrected chi connectivity index (χ0v) is 14.5. The number of fused-ring (bicyclic) bond motifs is 2. The van der Waals surface area contributed by atoms with Crippen molar-refractivity contribution in [3.63, 3.8) is 0 Å². The van der Waals surface area contributed by atoms with Gasteiger partial charge < -0.3 is 15.0 Å². The number of aromatic nitrogens is 1. The molecule has 5 heteroatoms. The highest BCUT2D eigenvalue weighted by Gasteiger charge is 2.30. The zero-order chi connectivity index (χ0) is 16.9. The van der Waals surface area contributed by atoms with Crippen LogP contribution in [-0.4, -0.2) is 33.1 Å². The van der Waals surface area contributed by atoms with Crippen molar-refractivity contribution in [3.05, 3.63) is 35.0 Å². The molecule has 3 rings (SSSR count). The maximum Gasteiger partial charge on any atom is 0.325 e. The highest BCUT2D eigenvalue weighted by atomic mass is 16.4. The molecule has 0 fully saturated rings. The predicted molar refractivity (Wildman–Crippen MR) is 91.4 cm³/mol. The molecule has 1 aromatic carbocycles. The van der Waals surface area contributed by atoms with E-state index in [-0.39, 0.29) is 5.54 Å². The number of aryl methyl sites for hydroxylation is 1. The molecule has 2 N–H and O–H groups in total. The fourth-order valence-electron chi connectivity index (χ4n) is 3.43. The topological polar surface area (TPSA) is 57.5 Å². The van der Waals surface area contributed by atoms with Crippen LogP contribution in [0.2, 0.25) is 0 Å². The second-order valence-electron chi connectivity index (χ2n) is 7.42. The molecule has 0 aliphatic carbocycles. The Morgan fingerprint density at radius 2 is 1.87 bits per heavy atom. The van der Waals surface area contributed by atoms with Crippen molar-refractivity contribution in [1.82, 2.24) is 14.8 Å². The van der Waals surface area contributed by atoms with Gasteiger partial charge in [-0.3, -0.25) is 9.69 Å². The summed E-state index contributed by atoms with van der Waals surface area (Å²) in [6.07, 6.45) is 1.93. The molecule has 0 saturated carbocycles. The lowest BCUT2D eigenvalue weighted by Crippen LogP contribution is -2.36. The number of nitrogens with zero attached hydrogens (tertiary/aromatic N) is 2. The van der Waals surface area contributed by atoms with Gasteiger partial charge in [0.2, 0.25) is 0 Å². The summed E-state index contributed by atoms with van der Waals surface area (Å²) >= 11 is 0. The largest absolute Gasteiger partial charge is 0.480 e. The standard InChI is InChI=1S/C18H25N3O2/c1-18(2,3)21-8-11-6-13-14(16(19-4)17(22)23)10-20(5)15(13)7-12(11)9-21/h6-7,10,16,19H,8-9H2,1-5H3,(H,22,23). The molecule has 5 nitrogen and oxygen atoms in total. The molecule has 1 unspecified atom stereocenters. The molecule has 0 spiro atoms. The number of aliphatic carboxylic acids is 1. The maximum absolute atomic E-state index is 11.5. The number of carboxylic acids is 1. The number of benzene rings is 1. The van der Waals surface area contributed by atoms with Crippen molar-refractivity contribution < 1.29 is 9.90 Å². The van der Waals surface area contributed by atoms with E-state index in [4.69, 9.17) is 0 Å². The Kier molecular flexibility index (Phi) is 3.73. The van der Waals surface area contributed by atoms with Crippen LogP contribution in [0.25, 0.3) is 10.9 Å². The Hall–Kier alpha value is -1.85. The quantitative estimate of drug-likeness (QED) is 0.914. The fraction of sp³-hybridized carbons (Fsp3) is 0.500. The first-order valence-corrected chi connectivity index (χ1v) is 7.98. The van der Waals surface area contributed by atoms with Crippen LogP contribution in [0, 0.1) is 0 Å². The number of rotatable bonds is 3. The van der Waals surface area contributed by atoms with E-state index in [1.165, 1.54) is 11.1 Å². The van der Waals surface area contributed by atoms with Crippen LogP contribution in [-0.2, 0) is 24.9 Å². The molecule has 2 aromatic rings. The van der Waals surface area contributed by atoms with Gasteiger partial charge in [0, 0.05) is 48.3 Å². The minimum atomic E-state index is -0.850. The first-order valence-electron chi connectivity index (χ1n) is 7.98. The summed E-state index contributed by atoms with van der Waals surface area (Å²) in [5.41, 5.74) is 4.70. The average molecular weight is 315 g/mol. The summed E-state index contributed by atoms with van der Waals surface area (Å²) in [5, 5.41) is 13.4. The van der Waals surface area contributed by atoms with Crippen LogP contribution >= 0.6 is 0 Å². The van der Waals surface area contributed by atoms with Crippen LogP contribution in [0.15, 0.2) is 18.3 Å². The van der Waals surface area contributed by atoms with E-state index in [1.807, 2.05) is 17.8 Å². The molecule has 0 radical (unpaired) electrons. The lowest BCUT2D eigenvalue weighted by Gasteiger charge is -2.31. The van der Waals surface area contributed by atoms with Crippen molar-refractivity contribution in [2.75, 3.05) is 7.05 Å². The molecule has 124 valence electrons. The molecule has 2 heterocycles. The minimum Gasteiger partial charge on any atom is -0.480 e.